The molecule has 1 fully saturated rings. The van der Waals surface area contributed by atoms with Crippen molar-refractivity contribution in [2.24, 2.45) is 0 Å². The third-order valence-electron chi connectivity index (χ3n) is 6.53. The first-order valence-corrected chi connectivity index (χ1v) is 12.0. The number of hydrogen-bond acceptors (Lipinski definition) is 6. The van der Waals surface area contributed by atoms with E-state index in [1.54, 1.807) is 6.20 Å². The van der Waals surface area contributed by atoms with E-state index in [0.717, 1.165) is 82.0 Å². The number of aromatic amines is 2. The highest BCUT2D eigenvalue weighted by Crippen LogP contribution is 2.34. The van der Waals surface area contributed by atoms with Gasteiger partial charge < -0.3 is 25.6 Å². The van der Waals surface area contributed by atoms with Crippen LogP contribution in [0.25, 0.3) is 33.1 Å². The van der Waals surface area contributed by atoms with E-state index in [1.165, 1.54) is 0 Å². The smallest absolute Gasteiger partial charge is 0.307 e. The van der Waals surface area contributed by atoms with Crippen LogP contribution in [0.3, 0.4) is 0 Å². The maximum Gasteiger partial charge on any atom is 0.307 e. The van der Waals surface area contributed by atoms with Crippen LogP contribution >= 0.6 is 0 Å². The number of carboxylic acid groups (broad SMARTS) is 1. The summed E-state index contributed by atoms with van der Waals surface area (Å²) in [6.45, 7) is 3.94. The zero-order valence-corrected chi connectivity index (χ0v) is 19.6. The molecule has 5 heterocycles. The van der Waals surface area contributed by atoms with E-state index in [1.807, 2.05) is 48.9 Å². The molecule has 180 valence electrons. The molecule has 5 N–H and O–H groups in total. The Morgan fingerprint density at radius 2 is 1.89 bits per heavy atom. The van der Waals surface area contributed by atoms with E-state index in [4.69, 9.17) is 5.11 Å². The molecule has 36 heavy (non-hydrogen) atoms. The van der Waals surface area contributed by atoms with Gasteiger partial charge in [0.05, 0.1) is 35.8 Å². The molecule has 4 aromatic heterocycles. The lowest BCUT2D eigenvalue weighted by Gasteiger charge is -2.29. The molecule has 9 heteroatoms. The fourth-order valence-corrected chi connectivity index (χ4v) is 4.76. The minimum atomic E-state index is -0.839. The Balaban J connectivity index is 1.32. The Labute approximate surface area is 207 Å². The van der Waals surface area contributed by atoms with Gasteiger partial charge >= 0.3 is 5.97 Å². The fraction of sp³-hybridized carbons (Fsp3) is 0.185. The van der Waals surface area contributed by atoms with Gasteiger partial charge in [-0.2, -0.15) is 0 Å². The molecule has 0 bridgehead atoms. The van der Waals surface area contributed by atoms with Crippen molar-refractivity contribution in [2.45, 2.75) is 6.42 Å². The Bertz CT molecular complexity index is 1540. The van der Waals surface area contributed by atoms with Crippen LogP contribution in [0.5, 0.6) is 0 Å². The largest absolute Gasteiger partial charge is 0.481 e. The van der Waals surface area contributed by atoms with Crippen LogP contribution in [0.15, 0.2) is 67.3 Å². The second-order valence-corrected chi connectivity index (χ2v) is 8.93. The third kappa shape index (κ3) is 4.32. The van der Waals surface area contributed by atoms with Gasteiger partial charge in [-0.1, -0.05) is 24.3 Å². The summed E-state index contributed by atoms with van der Waals surface area (Å²) < 4.78 is 0. The number of hydrogen-bond donors (Lipinski definition) is 4. The SMILES string of the molecule is O=C(O)Cc1ccc(-c2c[nH+]cc3[nH]c4ncc(Nc5ccc(N6CCNCC6)cn5)cc4c23)cc1. The summed E-state index contributed by atoms with van der Waals surface area (Å²) in [5, 5.41) is 17.9. The van der Waals surface area contributed by atoms with E-state index in [-0.39, 0.29) is 6.42 Å². The zero-order valence-electron chi connectivity index (χ0n) is 19.6. The Hall–Kier alpha value is -4.50. The molecule has 5 aromatic rings. The van der Waals surface area contributed by atoms with Crippen LogP contribution in [0, 0.1) is 0 Å². The minimum absolute atomic E-state index is 0.00684. The van der Waals surface area contributed by atoms with Gasteiger partial charge in [0.2, 0.25) is 0 Å². The molecule has 1 aliphatic heterocycles. The Morgan fingerprint density at radius 1 is 1.06 bits per heavy atom. The van der Waals surface area contributed by atoms with Crippen molar-refractivity contribution in [3.8, 4) is 11.1 Å². The maximum absolute atomic E-state index is 11.0. The first kappa shape index (κ1) is 22.0. The summed E-state index contributed by atoms with van der Waals surface area (Å²) in [5.41, 5.74) is 6.49. The van der Waals surface area contributed by atoms with Crippen molar-refractivity contribution in [3.63, 3.8) is 0 Å². The van der Waals surface area contributed by atoms with Gasteiger partial charge in [0.15, 0.2) is 12.4 Å². The minimum Gasteiger partial charge on any atom is -0.481 e. The molecule has 1 aliphatic rings. The van der Waals surface area contributed by atoms with Crippen molar-refractivity contribution in [1.82, 2.24) is 20.3 Å². The van der Waals surface area contributed by atoms with Crippen molar-refractivity contribution in [3.05, 3.63) is 72.8 Å². The van der Waals surface area contributed by atoms with Crippen LogP contribution in [0.2, 0.25) is 0 Å². The number of rotatable bonds is 6. The topological polar surface area (TPSA) is 120 Å². The molecule has 0 unspecified atom stereocenters. The summed E-state index contributed by atoms with van der Waals surface area (Å²) in [6, 6.07) is 13.8. The normalized spacial score (nSPS) is 13.8. The number of piperazine rings is 1. The summed E-state index contributed by atoms with van der Waals surface area (Å²) in [4.78, 5) is 29.2. The van der Waals surface area contributed by atoms with Crippen LogP contribution in [-0.2, 0) is 11.2 Å². The number of nitrogens with one attached hydrogen (secondary N) is 4. The lowest BCUT2D eigenvalue weighted by atomic mass is 10.0. The van der Waals surface area contributed by atoms with E-state index in [9.17, 15) is 4.79 Å². The van der Waals surface area contributed by atoms with Gasteiger partial charge in [-0.25, -0.2) is 15.0 Å². The highest BCUT2D eigenvalue weighted by molar-refractivity contribution is 6.13. The Morgan fingerprint density at radius 3 is 2.64 bits per heavy atom. The number of fused-ring (bicyclic) bond motifs is 3. The number of H-pyrrole nitrogens is 2. The molecule has 1 aromatic carbocycles. The van der Waals surface area contributed by atoms with E-state index in [2.05, 4.69) is 47.6 Å². The predicted molar refractivity (Wildman–Crippen MR) is 140 cm³/mol. The molecular weight excluding hydrogens is 454 g/mol. The van der Waals surface area contributed by atoms with Gasteiger partial charge in [0.1, 0.15) is 17.0 Å². The lowest BCUT2D eigenvalue weighted by molar-refractivity contribution is -0.375. The van der Waals surface area contributed by atoms with Gasteiger partial charge in [-0.3, -0.25) is 4.79 Å². The van der Waals surface area contributed by atoms with E-state index >= 15 is 0 Å². The number of carbonyl (C=O) groups is 1. The quantitative estimate of drug-likeness (QED) is 0.294. The molecule has 6 rings (SSSR count). The molecule has 0 radical (unpaired) electrons. The first-order chi connectivity index (χ1) is 17.6. The standard InChI is InChI=1S/C27H25N7O2/c35-25(36)11-17-1-3-18(4-2-17)22-15-29-16-23-26(22)21-12-19(13-31-27(21)33-23)32-24-6-5-20(14-30-24)34-9-7-28-8-10-34/h1-6,12-16,28H,7-11H2,(H,30,32)(H,31,33)(H,35,36)/p+1. The number of aromatic nitrogens is 4. The van der Waals surface area contributed by atoms with Gasteiger partial charge in [-0.15, -0.1) is 0 Å². The van der Waals surface area contributed by atoms with Crippen LogP contribution in [-0.4, -0.2) is 52.2 Å². The monoisotopic (exact) mass is 480 g/mol. The summed E-state index contributed by atoms with van der Waals surface area (Å²) in [6.07, 6.45) is 7.59. The van der Waals surface area contributed by atoms with Gasteiger partial charge in [0, 0.05) is 37.0 Å². The molecule has 9 nitrogen and oxygen atoms in total. The van der Waals surface area contributed by atoms with Crippen molar-refractivity contribution in [2.75, 3.05) is 36.4 Å². The van der Waals surface area contributed by atoms with Crippen molar-refractivity contribution in [1.29, 1.82) is 0 Å². The summed E-state index contributed by atoms with van der Waals surface area (Å²) >= 11 is 0. The molecule has 0 saturated carbocycles. The highest BCUT2D eigenvalue weighted by Gasteiger charge is 2.16. The van der Waals surface area contributed by atoms with E-state index < -0.39 is 5.97 Å². The second kappa shape index (κ2) is 9.27. The molecule has 0 amide bonds. The number of carboxylic acids is 1. The number of aliphatic carboxylic acids is 1. The molecule has 0 spiro atoms. The number of benzene rings is 1. The third-order valence-corrected chi connectivity index (χ3v) is 6.53. The molecule has 0 atom stereocenters. The van der Waals surface area contributed by atoms with Crippen LogP contribution < -0.4 is 20.5 Å². The fourth-order valence-electron chi connectivity index (χ4n) is 4.76. The lowest BCUT2D eigenvalue weighted by Crippen LogP contribution is -2.43. The highest BCUT2D eigenvalue weighted by atomic mass is 16.4. The number of anilines is 3. The van der Waals surface area contributed by atoms with Gasteiger partial charge in [0.25, 0.3) is 0 Å². The predicted octanol–water partition coefficient (Wildman–Crippen LogP) is 3.37. The van der Waals surface area contributed by atoms with Crippen molar-refractivity contribution >= 4 is 45.1 Å². The van der Waals surface area contributed by atoms with Crippen molar-refractivity contribution < 1.29 is 14.9 Å². The Kier molecular flexibility index (Phi) is 5.67. The van der Waals surface area contributed by atoms with Gasteiger partial charge in [-0.05, 0) is 29.3 Å². The molecule has 0 aliphatic carbocycles. The number of pyridine rings is 3. The maximum atomic E-state index is 11.0. The second-order valence-electron chi connectivity index (χ2n) is 8.93. The summed E-state index contributed by atoms with van der Waals surface area (Å²) in [7, 11) is 0. The van der Waals surface area contributed by atoms with E-state index in [0.29, 0.717) is 0 Å². The van der Waals surface area contributed by atoms with Crippen LogP contribution in [0.1, 0.15) is 5.56 Å². The summed E-state index contributed by atoms with van der Waals surface area (Å²) in [5.74, 6) is -0.0775. The molecular formula is C27H26N7O2+. The van der Waals surface area contributed by atoms with Crippen LogP contribution in [0.4, 0.5) is 17.2 Å². The average molecular weight is 481 g/mol. The average Bonchev–Trinajstić information content (AvgIpc) is 3.28. The molecule has 1 saturated heterocycles. The zero-order chi connectivity index (χ0) is 24.5. The number of nitrogens with zero attached hydrogens (tertiary/aromatic N) is 3. The first-order valence-electron chi connectivity index (χ1n) is 12.0.